The van der Waals surface area contributed by atoms with E-state index in [-0.39, 0.29) is 12.5 Å². The molecule has 0 aliphatic carbocycles. The average molecular weight is 417 g/mol. The largest absolute Gasteiger partial charge is 0.491 e. The van der Waals surface area contributed by atoms with Crippen molar-refractivity contribution in [2.24, 2.45) is 0 Å². The summed E-state index contributed by atoms with van der Waals surface area (Å²) in [6, 6.07) is 9.66. The molecule has 30 heavy (non-hydrogen) atoms. The maximum Gasteiger partial charge on any atom is 0.239 e. The summed E-state index contributed by atoms with van der Waals surface area (Å²) in [5, 5.41) is 16.9. The average Bonchev–Trinajstić information content (AvgIpc) is 3.12. The van der Waals surface area contributed by atoms with E-state index < -0.39 is 6.10 Å². The number of para-hydroxylation sites is 1. The molecule has 0 radical (unpaired) electrons. The highest BCUT2D eigenvalue weighted by atomic mass is 16.5. The number of hydrogen-bond acceptors (Lipinski definition) is 7. The number of benzene rings is 1. The Kier molecular flexibility index (Phi) is 7.84. The fraction of sp³-hybridized carbons (Fsp3) is 0.545. The van der Waals surface area contributed by atoms with Gasteiger partial charge in [-0.05, 0) is 24.5 Å². The van der Waals surface area contributed by atoms with Crippen molar-refractivity contribution in [1.29, 1.82) is 0 Å². The second kappa shape index (κ2) is 10.6. The Morgan fingerprint density at radius 3 is 2.60 bits per heavy atom. The van der Waals surface area contributed by atoms with E-state index in [0.29, 0.717) is 30.6 Å². The molecule has 2 heterocycles. The molecule has 8 nitrogen and oxygen atoms in total. The predicted octanol–water partition coefficient (Wildman–Crippen LogP) is 2.10. The Bertz CT molecular complexity index is 815. The normalized spacial score (nSPS) is 16.6. The van der Waals surface area contributed by atoms with Crippen LogP contribution in [0, 0.1) is 6.92 Å². The van der Waals surface area contributed by atoms with Crippen LogP contribution < -0.4 is 10.1 Å². The minimum atomic E-state index is -0.560. The quantitative estimate of drug-likeness (QED) is 0.647. The summed E-state index contributed by atoms with van der Waals surface area (Å²) in [7, 11) is 0. The van der Waals surface area contributed by atoms with E-state index in [1.165, 1.54) is 0 Å². The van der Waals surface area contributed by atoms with Gasteiger partial charge in [0.15, 0.2) is 5.82 Å². The van der Waals surface area contributed by atoms with Crippen LogP contribution in [0.4, 0.5) is 5.82 Å². The lowest BCUT2D eigenvalue weighted by molar-refractivity contribution is -0.117. The van der Waals surface area contributed by atoms with Gasteiger partial charge in [0.05, 0.1) is 6.54 Å². The van der Waals surface area contributed by atoms with Crippen molar-refractivity contribution in [3.63, 3.8) is 0 Å². The Hall–Kier alpha value is -2.42. The summed E-state index contributed by atoms with van der Waals surface area (Å²) in [4.78, 5) is 16.4. The zero-order chi connectivity index (χ0) is 21.5. The van der Waals surface area contributed by atoms with Gasteiger partial charge in [0.25, 0.3) is 0 Å². The first-order chi connectivity index (χ1) is 14.4. The number of hydrogen-bond donors (Lipinski definition) is 2. The lowest BCUT2D eigenvalue weighted by Crippen LogP contribution is -2.50. The number of piperazine rings is 1. The van der Waals surface area contributed by atoms with Gasteiger partial charge in [-0.3, -0.25) is 14.6 Å². The summed E-state index contributed by atoms with van der Waals surface area (Å²) < 4.78 is 10.8. The smallest absolute Gasteiger partial charge is 0.239 e. The van der Waals surface area contributed by atoms with Gasteiger partial charge in [0, 0.05) is 38.8 Å². The van der Waals surface area contributed by atoms with Gasteiger partial charge >= 0.3 is 0 Å². The molecule has 3 rings (SSSR count). The van der Waals surface area contributed by atoms with Crippen LogP contribution in [-0.2, 0) is 4.79 Å². The van der Waals surface area contributed by atoms with E-state index in [2.05, 4.69) is 40.2 Å². The molecule has 1 aromatic carbocycles. The van der Waals surface area contributed by atoms with Gasteiger partial charge in [0.2, 0.25) is 5.91 Å². The SMILES string of the molecule is Cc1cc(NC(=O)CN2CCN(C[C@H](O)COc3ccccc3C(C)C)CC2)no1. The van der Waals surface area contributed by atoms with E-state index in [4.69, 9.17) is 9.26 Å². The van der Waals surface area contributed by atoms with Crippen molar-refractivity contribution in [3.8, 4) is 5.75 Å². The number of anilines is 1. The molecule has 2 N–H and O–H groups in total. The lowest BCUT2D eigenvalue weighted by Gasteiger charge is -2.35. The van der Waals surface area contributed by atoms with Gasteiger partial charge in [0.1, 0.15) is 24.2 Å². The van der Waals surface area contributed by atoms with Crippen LogP contribution in [-0.4, -0.2) is 77.9 Å². The first kappa shape index (κ1) is 22.3. The minimum absolute atomic E-state index is 0.103. The van der Waals surface area contributed by atoms with E-state index in [0.717, 1.165) is 37.5 Å². The number of aryl methyl sites for hydroxylation is 1. The fourth-order valence-corrected chi connectivity index (χ4v) is 3.57. The molecular formula is C22H32N4O4. The molecule has 1 amide bonds. The maximum absolute atomic E-state index is 12.1. The summed E-state index contributed by atoms with van der Waals surface area (Å²) >= 11 is 0. The third-order valence-electron chi connectivity index (χ3n) is 5.17. The van der Waals surface area contributed by atoms with Crippen molar-refractivity contribution in [1.82, 2.24) is 15.0 Å². The summed E-state index contributed by atoms with van der Waals surface area (Å²) in [6.45, 7) is 10.3. The van der Waals surface area contributed by atoms with Crippen LogP contribution in [0.15, 0.2) is 34.9 Å². The van der Waals surface area contributed by atoms with Crippen molar-refractivity contribution in [3.05, 3.63) is 41.7 Å². The number of aliphatic hydroxyl groups is 1. The van der Waals surface area contributed by atoms with Crippen LogP contribution in [0.2, 0.25) is 0 Å². The second-order valence-electron chi connectivity index (χ2n) is 8.11. The molecule has 1 aromatic heterocycles. The molecule has 2 aromatic rings. The number of carbonyl (C=O) groups excluding carboxylic acids is 1. The van der Waals surface area contributed by atoms with Crippen molar-refractivity contribution in [2.45, 2.75) is 32.8 Å². The van der Waals surface area contributed by atoms with Crippen LogP contribution in [0.3, 0.4) is 0 Å². The standard InChI is InChI=1S/C22H32N4O4/c1-16(2)19-6-4-5-7-20(19)29-15-18(27)13-25-8-10-26(11-9-25)14-22(28)23-21-12-17(3)30-24-21/h4-7,12,16,18,27H,8-11,13-15H2,1-3H3,(H,23,24,28)/t18-/m0/s1. The van der Waals surface area contributed by atoms with Crippen LogP contribution in [0.25, 0.3) is 0 Å². The highest BCUT2D eigenvalue weighted by Crippen LogP contribution is 2.25. The zero-order valence-corrected chi connectivity index (χ0v) is 18.0. The van der Waals surface area contributed by atoms with E-state index >= 15 is 0 Å². The first-order valence-electron chi connectivity index (χ1n) is 10.5. The molecule has 1 aliphatic rings. The van der Waals surface area contributed by atoms with Gasteiger partial charge < -0.3 is 19.7 Å². The van der Waals surface area contributed by atoms with Gasteiger partial charge in [-0.2, -0.15) is 0 Å². The molecule has 1 atom stereocenters. The van der Waals surface area contributed by atoms with Crippen LogP contribution in [0.1, 0.15) is 31.1 Å². The minimum Gasteiger partial charge on any atom is -0.491 e. The molecular weight excluding hydrogens is 384 g/mol. The molecule has 1 aliphatic heterocycles. The maximum atomic E-state index is 12.1. The van der Waals surface area contributed by atoms with Crippen molar-refractivity contribution < 1.29 is 19.2 Å². The number of amides is 1. The van der Waals surface area contributed by atoms with Crippen LogP contribution >= 0.6 is 0 Å². The topological polar surface area (TPSA) is 91.1 Å². The molecule has 0 unspecified atom stereocenters. The number of rotatable bonds is 9. The zero-order valence-electron chi connectivity index (χ0n) is 18.0. The van der Waals surface area contributed by atoms with E-state index in [1.54, 1.807) is 13.0 Å². The number of ether oxygens (including phenoxy) is 1. The summed E-state index contributed by atoms with van der Waals surface area (Å²) in [5.41, 5.74) is 1.15. The summed E-state index contributed by atoms with van der Waals surface area (Å²) in [6.07, 6.45) is -0.560. The Morgan fingerprint density at radius 1 is 1.23 bits per heavy atom. The lowest BCUT2D eigenvalue weighted by atomic mass is 10.0. The number of carbonyl (C=O) groups is 1. The van der Waals surface area contributed by atoms with Crippen molar-refractivity contribution in [2.75, 3.05) is 51.2 Å². The number of nitrogens with one attached hydrogen (secondary N) is 1. The van der Waals surface area contributed by atoms with Crippen LogP contribution in [0.5, 0.6) is 5.75 Å². The molecule has 1 saturated heterocycles. The van der Waals surface area contributed by atoms with Gasteiger partial charge in [-0.1, -0.05) is 37.2 Å². The summed E-state index contributed by atoms with van der Waals surface area (Å²) in [5.74, 6) is 2.21. The van der Waals surface area contributed by atoms with E-state index in [9.17, 15) is 9.90 Å². The van der Waals surface area contributed by atoms with Gasteiger partial charge in [-0.25, -0.2) is 0 Å². The molecule has 0 saturated carbocycles. The van der Waals surface area contributed by atoms with Crippen molar-refractivity contribution >= 4 is 11.7 Å². The molecule has 0 bridgehead atoms. The third-order valence-corrected chi connectivity index (χ3v) is 5.17. The highest BCUT2D eigenvalue weighted by molar-refractivity contribution is 5.91. The molecule has 8 heteroatoms. The fourth-order valence-electron chi connectivity index (χ4n) is 3.57. The number of nitrogens with zero attached hydrogens (tertiary/aromatic N) is 3. The Labute approximate surface area is 177 Å². The molecule has 0 spiro atoms. The Balaban J connectivity index is 1.36. The van der Waals surface area contributed by atoms with Gasteiger partial charge in [-0.15, -0.1) is 0 Å². The second-order valence-corrected chi connectivity index (χ2v) is 8.11. The highest BCUT2D eigenvalue weighted by Gasteiger charge is 2.21. The molecule has 164 valence electrons. The number of aromatic nitrogens is 1. The number of β-amino-alcohol motifs (C(OH)–C–C–N with tert-alkyl or cyclic N) is 1. The van der Waals surface area contributed by atoms with E-state index in [1.807, 2.05) is 18.2 Å². The Morgan fingerprint density at radius 2 is 1.93 bits per heavy atom. The monoisotopic (exact) mass is 416 g/mol. The third kappa shape index (κ3) is 6.55. The predicted molar refractivity (Wildman–Crippen MR) is 115 cm³/mol. The molecule has 1 fully saturated rings. The number of aliphatic hydroxyl groups excluding tert-OH is 1. The first-order valence-corrected chi connectivity index (χ1v) is 10.5.